The Labute approximate surface area is 142 Å². The first-order valence-electron chi connectivity index (χ1n) is 8.25. The molecule has 3 aromatic rings. The first kappa shape index (κ1) is 14.7. The van der Waals surface area contributed by atoms with Crippen LogP contribution in [0, 0.1) is 6.92 Å². The Morgan fingerprint density at radius 2 is 1.29 bits per heavy atom. The van der Waals surface area contributed by atoms with Crippen LogP contribution in [0.15, 0.2) is 84.9 Å². The summed E-state index contributed by atoms with van der Waals surface area (Å²) in [6, 6.07) is 28.6. The summed E-state index contributed by atoms with van der Waals surface area (Å²) in [5, 5.41) is 0. The molecule has 2 nitrogen and oxygen atoms in total. The third-order valence-corrected chi connectivity index (χ3v) is 4.71. The molecule has 0 radical (unpaired) electrons. The van der Waals surface area contributed by atoms with Crippen molar-refractivity contribution in [3.63, 3.8) is 0 Å². The minimum atomic E-state index is -0.117. The van der Waals surface area contributed by atoms with Gasteiger partial charge in [0.2, 0.25) is 5.91 Å². The van der Waals surface area contributed by atoms with Crippen molar-refractivity contribution in [3.8, 4) is 0 Å². The highest BCUT2D eigenvalue weighted by molar-refractivity contribution is 6.06. The first-order valence-corrected chi connectivity index (χ1v) is 8.25. The summed E-state index contributed by atoms with van der Waals surface area (Å²) in [5.74, 6) is 0.0483. The summed E-state index contributed by atoms with van der Waals surface area (Å²) in [6.45, 7) is 2.07. The average Bonchev–Trinajstić information content (AvgIpc) is 2.63. The molecule has 2 heteroatoms. The van der Waals surface area contributed by atoms with E-state index in [0.717, 1.165) is 11.3 Å². The molecule has 2 atom stereocenters. The van der Waals surface area contributed by atoms with Crippen LogP contribution in [0.3, 0.4) is 0 Å². The molecular weight excluding hydrogens is 294 g/mol. The fourth-order valence-electron chi connectivity index (χ4n) is 3.46. The van der Waals surface area contributed by atoms with Crippen LogP contribution in [0.2, 0.25) is 0 Å². The monoisotopic (exact) mass is 313 g/mol. The van der Waals surface area contributed by atoms with Crippen LogP contribution in [0.25, 0.3) is 0 Å². The molecule has 0 aliphatic carbocycles. The summed E-state index contributed by atoms with van der Waals surface area (Å²) < 4.78 is 0. The molecule has 3 aromatic carbocycles. The largest absolute Gasteiger partial charge is 0.303 e. The summed E-state index contributed by atoms with van der Waals surface area (Å²) in [6.07, 6.45) is 0. The number of hydrogen-bond acceptors (Lipinski definition) is 1. The molecule has 1 amide bonds. The van der Waals surface area contributed by atoms with Gasteiger partial charge in [-0.05, 0) is 30.2 Å². The van der Waals surface area contributed by atoms with Gasteiger partial charge >= 0.3 is 0 Å². The molecule has 0 bridgehead atoms. The van der Waals surface area contributed by atoms with Gasteiger partial charge in [0.25, 0.3) is 0 Å². The average molecular weight is 313 g/mol. The Morgan fingerprint density at radius 3 is 1.92 bits per heavy atom. The van der Waals surface area contributed by atoms with E-state index >= 15 is 0 Å². The molecular formula is C22H19NO. The van der Waals surface area contributed by atoms with E-state index in [4.69, 9.17) is 0 Å². The highest BCUT2D eigenvalue weighted by Crippen LogP contribution is 2.48. The van der Waals surface area contributed by atoms with Crippen LogP contribution in [0.1, 0.15) is 28.7 Å². The smallest absolute Gasteiger partial charge is 0.237 e. The molecule has 118 valence electrons. The molecule has 0 N–H and O–H groups in total. The lowest BCUT2D eigenvalue weighted by molar-refractivity contribution is -0.126. The van der Waals surface area contributed by atoms with Gasteiger partial charge in [-0.25, -0.2) is 0 Å². The maximum atomic E-state index is 13.0. The number of carbonyl (C=O) groups excluding carboxylic acids is 1. The van der Waals surface area contributed by atoms with E-state index in [-0.39, 0.29) is 17.9 Å². The van der Waals surface area contributed by atoms with Gasteiger partial charge in [0.05, 0.1) is 12.0 Å². The number of aryl methyl sites for hydroxylation is 1. The van der Waals surface area contributed by atoms with E-state index in [1.165, 1.54) is 11.1 Å². The van der Waals surface area contributed by atoms with E-state index < -0.39 is 0 Å². The summed E-state index contributed by atoms with van der Waals surface area (Å²) in [4.78, 5) is 14.9. The van der Waals surface area contributed by atoms with Gasteiger partial charge < -0.3 is 4.90 Å². The molecule has 4 rings (SSSR count). The number of β-lactam (4-membered cyclic amide) rings is 1. The maximum Gasteiger partial charge on any atom is 0.237 e. The van der Waals surface area contributed by atoms with E-state index in [2.05, 4.69) is 43.3 Å². The van der Waals surface area contributed by atoms with E-state index in [1.54, 1.807) is 0 Å². The standard InChI is InChI=1S/C22H19NO/c1-16-12-14-17(15-13-16)20-21(18-8-4-2-5-9-18)23(22(20)24)19-10-6-3-7-11-19/h2-15,20-21H,1H3/t20-,21-/m0/s1. The Balaban J connectivity index is 1.77. The van der Waals surface area contributed by atoms with Crippen molar-refractivity contribution in [2.75, 3.05) is 4.90 Å². The minimum absolute atomic E-state index is 0.0452. The molecule has 1 saturated heterocycles. The third kappa shape index (κ3) is 2.41. The second kappa shape index (κ2) is 5.97. The molecule has 24 heavy (non-hydrogen) atoms. The number of carbonyl (C=O) groups is 1. The molecule has 1 fully saturated rings. The van der Waals surface area contributed by atoms with Crippen molar-refractivity contribution in [2.45, 2.75) is 18.9 Å². The van der Waals surface area contributed by atoms with Crippen molar-refractivity contribution in [1.29, 1.82) is 0 Å². The number of rotatable bonds is 3. The van der Waals surface area contributed by atoms with Gasteiger partial charge in [-0.2, -0.15) is 0 Å². The maximum absolute atomic E-state index is 13.0. The summed E-state index contributed by atoms with van der Waals surface area (Å²) in [7, 11) is 0. The second-order valence-corrected chi connectivity index (χ2v) is 6.29. The molecule has 1 aliphatic heterocycles. The summed E-state index contributed by atoms with van der Waals surface area (Å²) >= 11 is 0. The number of nitrogens with zero attached hydrogens (tertiary/aromatic N) is 1. The van der Waals surface area contributed by atoms with Crippen LogP contribution >= 0.6 is 0 Å². The zero-order chi connectivity index (χ0) is 16.5. The minimum Gasteiger partial charge on any atom is -0.303 e. The number of hydrogen-bond donors (Lipinski definition) is 0. The van der Waals surface area contributed by atoms with Gasteiger partial charge in [-0.1, -0.05) is 78.4 Å². The normalized spacial score (nSPS) is 19.9. The van der Waals surface area contributed by atoms with Crippen LogP contribution in [-0.4, -0.2) is 5.91 Å². The van der Waals surface area contributed by atoms with Crippen molar-refractivity contribution >= 4 is 11.6 Å². The predicted molar refractivity (Wildman–Crippen MR) is 97.0 cm³/mol. The van der Waals surface area contributed by atoms with Crippen LogP contribution in [-0.2, 0) is 4.79 Å². The Hall–Kier alpha value is -2.87. The van der Waals surface area contributed by atoms with Gasteiger partial charge in [-0.3, -0.25) is 4.79 Å². The quantitative estimate of drug-likeness (QED) is 0.632. The zero-order valence-corrected chi connectivity index (χ0v) is 13.6. The molecule has 1 heterocycles. The second-order valence-electron chi connectivity index (χ2n) is 6.29. The fourth-order valence-corrected chi connectivity index (χ4v) is 3.46. The summed E-state index contributed by atoms with van der Waals surface area (Å²) in [5.41, 5.74) is 4.43. The van der Waals surface area contributed by atoms with Gasteiger partial charge in [0.1, 0.15) is 0 Å². The molecule has 1 aliphatic rings. The number of amides is 1. The van der Waals surface area contributed by atoms with Crippen LogP contribution < -0.4 is 4.90 Å². The number of benzene rings is 3. The molecule has 0 unspecified atom stereocenters. The van der Waals surface area contributed by atoms with Gasteiger partial charge in [0, 0.05) is 5.69 Å². The van der Waals surface area contributed by atoms with E-state index in [0.29, 0.717) is 0 Å². The lowest BCUT2D eigenvalue weighted by Crippen LogP contribution is -2.53. The predicted octanol–water partition coefficient (Wildman–Crippen LogP) is 4.87. The van der Waals surface area contributed by atoms with Crippen molar-refractivity contribution < 1.29 is 4.79 Å². The SMILES string of the molecule is Cc1ccc([C@@H]2C(=O)N(c3ccccc3)[C@H]2c2ccccc2)cc1. The first-order chi connectivity index (χ1) is 11.8. The lowest BCUT2D eigenvalue weighted by atomic mass is 9.77. The van der Waals surface area contributed by atoms with E-state index in [9.17, 15) is 4.79 Å². The zero-order valence-electron chi connectivity index (χ0n) is 13.6. The van der Waals surface area contributed by atoms with Crippen molar-refractivity contribution in [1.82, 2.24) is 0 Å². The van der Waals surface area contributed by atoms with Crippen LogP contribution in [0.5, 0.6) is 0 Å². The third-order valence-electron chi connectivity index (χ3n) is 4.71. The number of para-hydroxylation sites is 1. The Morgan fingerprint density at radius 1 is 0.708 bits per heavy atom. The highest BCUT2D eigenvalue weighted by Gasteiger charge is 2.49. The van der Waals surface area contributed by atoms with Crippen LogP contribution in [0.4, 0.5) is 5.69 Å². The Kier molecular flexibility index (Phi) is 3.66. The van der Waals surface area contributed by atoms with Crippen molar-refractivity contribution in [3.05, 3.63) is 102 Å². The highest BCUT2D eigenvalue weighted by atomic mass is 16.2. The molecule has 0 aromatic heterocycles. The lowest BCUT2D eigenvalue weighted by Gasteiger charge is -2.47. The molecule has 0 spiro atoms. The van der Waals surface area contributed by atoms with E-state index in [1.807, 2.05) is 53.4 Å². The van der Waals surface area contributed by atoms with Crippen molar-refractivity contribution in [2.24, 2.45) is 0 Å². The van der Waals surface area contributed by atoms with Gasteiger partial charge in [-0.15, -0.1) is 0 Å². The number of anilines is 1. The molecule has 0 saturated carbocycles. The Bertz CT molecular complexity index is 840. The topological polar surface area (TPSA) is 20.3 Å². The fraction of sp³-hybridized carbons (Fsp3) is 0.136. The van der Waals surface area contributed by atoms with Gasteiger partial charge in [0.15, 0.2) is 0 Å².